The molecule has 0 aliphatic heterocycles. The molecule has 4 aromatic rings. The number of nitrogens with zero attached hydrogens (tertiary/aromatic N) is 3. The van der Waals surface area contributed by atoms with E-state index in [1.807, 2.05) is 30.3 Å². The van der Waals surface area contributed by atoms with E-state index in [0.717, 1.165) is 5.56 Å². The van der Waals surface area contributed by atoms with Crippen LogP contribution in [0.25, 0.3) is 17.2 Å². The van der Waals surface area contributed by atoms with Crippen LogP contribution >= 0.6 is 0 Å². The summed E-state index contributed by atoms with van der Waals surface area (Å²) >= 11 is 0. The number of carbonyl (C=O) groups is 1. The quantitative estimate of drug-likeness (QED) is 0.564. The van der Waals surface area contributed by atoms with Crippen LogP contribution in [-0.4, -0.2) is 30.7 Å². The standard InChI is InChI=1S/C19H14N4O4/c24-16-10-13(11-27-15-9-5-4-8-14(15)18(25)26)20-19-21-17(22-23(16)19)12-6-2-1-3-7-12/h1-10H,11H2,(H,25,26)(H,20,21,22). The van der Waals surface area contributed by atoms with Crippen molar-refractivity contribution in [1.82, 2.24) is 19.6 Å². The Morgan fingerprint density at radius 3 is 2.63 bits per heavy atom. The minimum atomic E-state index is -1.08. The van der Waals surface area contributed by atoms with Crippen LogP contribution in [0, 0.1) is 0 Å². The third-order valence-corrected chi connectivity index (χ3v) is 3.92. The van der Waals surface area contributed by atoms with Gasteiger partial charge >= 0.3 is 5.97 Å². The molecule has 0 aliphatic carbocycles. The highest BCUT2D eigenvalue weighted by atomic mass is 16.5. The molecule has 27 heavy (non-hydrogen) atoms. The molecule has 0 saturated carbocycles. The van der Waals surface area contributed by atoms with Crippen LogP contribution in [0.15, 0.2) is 65.5 Å². The number of fused-ring (bicyclic) bond motifs is 1. The van der Waals surface area contributed by atoms with Crippen molar-refractivity contribution in [2.75, 3.05) is 0 Å². The molecule has 2 aromatic heterocycles. The molecule has 0 aliphatic rings. The number of ether oxygens (including phenoxy) is 1. The molecule has 2 aromatic carbocycles. The Balaban J connectivity index is 1.64. The van der Waals surface area contributed by atoms with Gasteiger partial charge in [-0.2, -0.15) is 9.50 Å². The predicted molar refractivity (Wildman–Crippen MR) is 96.8 cm³/mol. The van der Waals surface area contributed by atoms with Gasteiger partial charge in [0, 0.05) is 11.6 Å². The Labute approximate surface area is 152 Å². The van der Waals surface area contributed by atoms with Crippen molar-refractivity contribution >= 4 is 11.7 Å². The smallest absolute Gasteiger partial charge is 0.339 e. The highest BCUT2D eigenvalue weighted by Crippen LogP contribution is 2.19. The number of carboxylic acid groups (broad SMARTS) is 1. The first-order valence-electron chi connectivity index (χ1n) is 8.11. The fraction of sp³-hybridized carbons (Fsp3) is 0.0526. The average Bonchev–Trinajstić information content (AvgIpc) is 3.12. The normalized spacial score (nSPS) is 10.8. The molecule has 0 amide bonds. The van der Waals surface area contributed by atoms with E-state index in [-0.39, 0.29) is 29.3 Å². The fourth-order valence-electron chi connectivity index (χ4n) is 2.65. The number of nitrogens with one attached hydrogen (secondary N) is 1. The molecule has 4 rings (SSSR count). The van der Waals surface area contributed by atoms with Crippen molar-refractivity contribution in [2.45, 2.75) is 6.61 Å². The van der Waals surface area contributed by atoms with Crippen molar-refractivity contribution < 1.29 is 14.6 Å². The first-order valence-corrected chi connectivity index (χ1v) is 8.11. The van der Waals surface area contributed by atoms with Crippen molar-refractivity contribution in [3.05, 3.63) is 82.3 Å². The number of hydrogen-bond donors (Lipinski definition) is 2. The zero-order valence-corrected chi connectivity index (χ0v) is 14.0. The number of rotatable bonds is 5. The summed E-state index contributed by atoms with van der Waals surface area (Å²) in [7, 11) is 0. The van der Waals surface area contributed by atoms with Crippen LogP contribution < -0.4 is 10.3 Å². The summed E-state index contributed by atoms with van der Waals surface area (Å²) in [5.74, 6) is -0.151. The maximum absolute atomic E-state index is 12.3. The third kappa shape index (κ3) is 3.28. The van der Waals surface area contributed by atoms with Gasteiger partial charge in [0.1, 0.15) is 17.9 Å². The van der Waals surface area contributed by atoms with Crippen LogP contribution in [-0.2, 0) is 6.61 Å². The zero-order chi connectivity index (χ0) is 18.8. The summed E-state index contributed by atoms with van der Waals surface area (Å²) in [4.78, 5) is 30.9. The second-order valence-corrected chi connectivity index (χ2v) is 5.76. The molecule has 0 bridgehead atoms. The molecule has 134 valence electrons. The van der Waals surface area contributed by atoms with E-state index in [1.54, 1.807) is 18.2 Å². The lowest BCUT2D eigenvalue weighted by Gasteiger charge is -2.08. The summed E-state index contributed by atoms with van der Waals surface area (Å²) < 4.78 is 6.75. The maximum atomic E-state index is 12.3. The van der Waals surface area contributed by atoms with Crippen LogP contribution in [0.2, 0.25) is 0 Å². The second kappa shape index (κ2) is 6.75. The predicted octanol–water partition coefficient (Wildman–Crippen LogP) is 2.36. The van der Waals surface area contributed by atoms with Gasteiger partial charge in [-0.15, -0.1) is 5.10 Å². The molecule has 0 spiro atoms. The maximum Gasteiger partial charge on any atom is 0.339 e. The van der Waals surface area contributed by atoms with Gasteiger partial charge in [-0.25, -0.2) is 4.79 Å². The zero-order valence-electron chi connectivity index (χ0n) is 14.0. The number of carboxylic acids is 1. The highest BCUT2D eigenvalue weighted by Gasteiger charge is 2.12. The Morgan fingerprint density at radius 2 is 1.85 bits per heavy atom. The molecule has 2 heterocycles. The van der Waals surface area contributed by atoms with Gasteiger partial charge in [0.25, 0.3) is 5.56 Å². The monoisotopic (exact) mass is 362 g/mol. The van der Waals surface area contributed by atoms with Crippen molar-refractivity contribution in [3.8, 4) is 17.1 Å². The Bertz CT molecular complexity index is 1180. The van der Waals surface area contributed by atoms with Gasteiger partial charge in [-0.3, -0.25) is 4.79 Å². The van der Waals surface area contributed by atoms with Crippen LogP contribution in [0.4, 0.5) is 0 Å². The first-order chi connectivity index (χ1) is 13.1. The summed E-state index contributed by atoms with van der Waals surface area (Å²) in [6, 6.07) is 17.0. The van der Waals surface area contributed by atoms with E-state index in [4.69, 9.17) is 4.74 Å². The number of benzene rings is 2. The minimum absolute atomic E-state index is 0.0104. The highest BCUT2D eigenvalue weighted by molar-refractivity contribution is 5.90. The second-order valence-electron chi connectivity index (χ2n) is 5.76. The van der Waals surface area contributed by atoms with Crippen molar-refractivity contribution in [3.63, 3.8) is 0 Å². The molecule has 0 atom stereocenters. The Hall–Kier alpha value is -3.94. The molecule has 8 heteroatoms. The van der Waals surface area contributed by atoms with Crippen LogP contribution in [0.3, 0.4) is 0 Å². The van der Waals surface area contributed by atoms with E-state index in [1.165, 1.54) is 16.6 Å². The Kier molecular flexibility index (Phi) is 4.13. The molecule has 8 nitrogen and oxygen atoms in total. The topological polar surface area (TPSA) is 110 Å². The molecule has 0 saturated heterocycles. The number of hydrogen-bond acceptors (Lipinski definition) is 5. The van der Waals surface area contributed by atoms with Gasteiger partial charge in [0.15, 0.2) is 5.82 Å². The number of aromatic carboxylic acids is 1. The molecule has 2 N–H and O–H groups in total. The summed E-state index contributed by atoms with van der Waals surface area (Å²) in [5.41, 5.74) is 0.945. The lowest BCUT2D eigenvalue weighted by atomic mass is 10.2. The van der Waals surface area contributed by atoms with Gasteiger partial charge in [-0.1, -0.05) is 42.5 Å². The lowest BCUT2D eigenvalue weighted by molar-refractivity contribution is 0.0691. The van der Waals surface area contributed by atoms with E-state index in [0.29, 0.717) is 11.5 Å². The number of aromatic amines is 1. The van der Waals surface area contributed by atoms with Crippen LogP contribution in [0.5, 0.6) is 5.75 Å². The number of aromatic nitrogens is 4. The number of H-pyrrole nitrogens is 1. The SMILES string of the molecule is O=C(O)c1ccccc1OCc1cc(=O)n2nc(-c3ccccc3)nc2[nH]1. The average molecular weight is 362 g/mol. The van der Waals surface area contributed by atoms with Gasteiger partial charge in [0.2, 0.25) is 5.78 Å². The van der Waals surface area contributed by atoms with E-state index >= 15 is 0 Å². The van der Waals surface area contributed by atoms with Gasteiger partial charge in [0.05, 0.1) is 5.69 Å². The molecule has 0 fully saturated rings. The third-order valence-electron chi connectivity index (χ3n) is 3.92. The molecule has 0 unspecified atom stereocenters. The minimum Gasteiger partial charge on any atom is -0.486 e. The van der Waals surface area contributed by atoms with E-state index in [2.05, 4.69) is 15.1 Å². The Morgan fingerprint density at radius 1 is 1.11 bits per heavy atom. The molecule has 0 radical (unpaired) electrons. The first kappa shape index (κ1) is 16.5. The van der Waals surface area contributed by atoms with Crippen molar-refractivity contribution in [1.29, 1.82) is 0 Å². The fourth-order valence-corrected chi connectivity index (χ4v) is 2.65. The summed E-state index contributed by atoms with van der Waals surface area (Å²) in [6.07, 6.45) is 0. The van der Waals surface area contributed by atoms with E-state index in [9.17, 15) is 14.7 Å². The molecular weight excluding hydrogens is 348 g/mol. The van der Waals surface area contributed by atoms with Gasteiger partial charge in [-0.05, 0) is 12.1 Å². The number of para-hydroxylation sites is 1. The largest absolute Gasteiger partial charge is 0.486 e. The van der Waals surface area contributed by atoms with E-state index < -0.39 is 5.97 Å². The molecular formula is C19H14N4O4. The van der Waals surface area contributed by atoms with Gasteiger partial charge < -0.3 is 14.8 Å². The lowest BCUT2D eigenvalue weighted by Crippen LogP contribution is -2.16. The summed E-state index contributed by atoms with van der Waals surface area (Å²) in [6.45, 7) is -0.0104. The van der Waals surface area contributed by atoms with Crippen molar-refractivity contribution in [2.24, 2.45) is 0 Å². The van der Waals surface area contributed by atoms with Crippen LogP contribution in [0.1, 0.15) is 16.1 Å². The summed E-state index contributed by atoms with van der Waals surface area (Å²) in [5, 5.41) is 13.4.